The van der Waals surface area contributed by atoms with E-state index in [2.05, 4.69) is 5.32 Å². The molecule has 1 aliphatic carbocycles. The van der Waals surface area contributed by atoms with E-state index in [9.17, 15) is 18.0 Å². The van der Waals surface area contributed by atoms with Gasteiger partial charge in [0.1, 0.15) is 12.6 Å². The topological polar surface area (TPSA) is 86.8 Å². The van der Waals surface area contributed by atoms with Crippen molar-refractivity contribution < 1.29 is 18.0 Å². The highest BCUT2D eigenvalue weighted by Crippen LogP contribution is 2.31. The molecule has 4 aromatic carbocycles. The molecule has 0 bridgehead atoms. The van der Waals surface area contributed by atoms with Crippen molar-refractivity contribution in [2.45, 2.75) is 69.0 Å². The Morgan fingerprint density at radius 1 is 0.826 bits per heavy atom. The molecule has 46 heavy (non-hydrogen) atoms. The molecule has 1 aliphatic rings. The molecular weight excluding hydrogens is 618 g/mol. The van der Waals surface area contributed by atoms with E-state index in [4.69, 9.17) is 11.6 Å². The van der Waals surface area contributed by atoms with E-state index < -0.39 is 28.5 Å². The van der Waals surface area contributed by atoms with Crippen molar-refractivity contribution in [3.63, 3.8) is 0 Å². The van der Waals surface area contributed by atoms with E-state index in [-0.39, 0.29) is 40.5 Å². The second kappa shape index (κ2) is 15.4. The summed E-state index contributed by atoms with van der Waals surface area (Å²) in [5, 5.41) is 3.43. The Labute approximate surface area is 277 Å². The molecule has 0 aliphatic heterocycles. The van der Waals surface area contributed by atoms with Gasteiger partial charge in [-0.05, 0) is 60.7 Å². The minimum absolute atomic E-state index is 0.0315. The van der Waals surface area contributed by atoms with Crippen molar-refractivity contribution in [3.05, 3.63) is 131 Å². The van der Waals surface area contributed by atoms with Gasteiger partial charge < -0.3 is 10.2 Å². The van der Waals surface area contributed by atoms with Gasteiger partial charge in [0, 0.05) is 19.0 Å². The Hall–Kier alpha value is -4.14. The molecule has 0 aromatic heterocycles. The fourth-order valence-electron chi connectivity index (χ4n) is 5.96. The van der Waals surface area contributed by atoms with Crippen LogP contribution in [-0.2, 0) is 32.6 Å². The zero-order chi connectivity index (χ0) is 32.5. The van der Waals surface area contributed by atoms with Gasteiger partial charge in [-0.3, -0.25) is 13.9 Å². The lowest BCUT2D eigenvalue weighted by atomic mass is 9.94. The van der Waals surface area contributed by atoms with Gasteiger partial charge in [-0.15, -0.1) is 0 Å². The smallest absolute Gasteiger partial charge is 0.264 e. The number of nitrogens with one attached hydrogen (secondary N) is 1. The average molecular weight is 658 g/mol. The van der Waals surface area contributed by atoms with Crippen LogP contribution in [0.1, 0.15) is 48.8 Å². The monoisotopic (exact) mass is 657 g/mol. The van der Waals surface area contributed by atoms with Gasteiger partial charge in [0.25, 0.3) is 10.0 Å². The Bertz CT molecular complexity index is 1730. The number of aryl methyl sites for hydroxylation is 1. The predicted molar refractivity (Wildman–Crippen MR) is 183 cm³/mol. The van der Waals surface area contributed by atoms with Crippen LogP contribution in [0, 0.1) is 6.92 Å². The molecule has 1 atom stereocenters. The second-order valence-corrected chi connectivity index (χ2v) is 14.0. The highest BCUT2D eigenvalue weighted by Gasteiger charge is 2.36. The number of amides is 2. The number of carbonyl (C=O) groups is 2. The second-order valence-electron chi connectivity index (χ2n) is 11.8. The summed E-state index contributed by atoms with van der Waals surface area (Å²) in [4.78, 5) is 30.4. The van der Waals surface area contributed by atoms with Crippen molar-refractivity contribution >= 4 is 39.1 Å². The minimum atomic E-state index is -4.21. The van der Waals surface area contributed by atoms with Crippen LogP contribution in [0.5, 0.6) is 0 Å². The first-order chi connectivity index (χ1) is 22.2. The quantitative estimate of drug-likeness (QED) is 0.179. The lowest BCUT2D eigenvalue weighted by molar-refractivity contribution is -0.140. The molecule has 1 saturated carbocycles. The number of sulfonamides is 1. The highest BCUT2D eigenvalue weighted by molar-refractivity contribution is 7.92. The fraction of sp³-hybridized carbons (Fsp3) is 0.297. The summed E-state index contributed by atoms with van der Waals surface area (Å²) in [7, 11) is -4.21. The average Bonchev–Trinajstić information content (AvgIpc) is 3.07. The molecular formula is C37H40ClN3O4S. The summed E-state index contributed by atoms with van der Waals surface area (Å²) in [6, 6.07) is 31.0. The molecule has 9 heteroatoms. The zero-order valence-electron chi connectivity index (χ0n) is 26.0. The lowest BCUT2D eigenvalue weighted by Gasteiger charge is -2.35. The fourth-order valence-corrected chi connectivity index (χ4v) is 7.70. The number of rotatable bonds is 12. The van der Waals surface area contributed by atoms with Gasteiger partial charge in [-0.2, -0.15) is 0 Å². The molecule has 240 valence electrons. The van der Waals surface area contributed by atoms with Crippen LogP contribution < -0.4 is 9.62 Å². The third-order valence-corrected chi connectivity index (χ3v) is 10.6. The van der Waals surface area contributed by atoms with Crippen molar-refractivity contribution in [2.24, 2.45) is 0 Å². The third kappa shape index (κ3) is 8.17. The summed E-state index contributed by atoms with van der Waals surface area (Å²) in [5.41, 5.74) is 2.91. The van der Waals surface area contributed by atoms with E-state index in [1.807, 2.05) is 61.5 Å². The number of carbonyl (C=O) groups excluding carboxylic acids is 2. The number of nitrogens with zero attached hydrogens (tertiary/aromatic N) is 2. The lowest BCUT2D eigenvalue weighted by Crippen LogP contribution is -2.55. The van der Waals surface area contributed by atoms with E-state index >= 15 is 0 Å². The molecule has 0 heterocycles. The van der Waals surface area contributed by atoms with E-state index in [0.29, 0.717) is 0 Å². The molecule has 1 fully saturated rings. The van der Waals surface area contributed by atoms with E-state index in [0.717, 1.165) is 53.1 Å². The first kappa shape index (κ1) is 33.2. The molecule has 2 amide bonds. The van der Waals surface area contributed by atoms with Crippen LogP contribution in [0.4, 0.5) is 5.69 Å². The predicted octanol–water partition coefficient (Wildman–Crippen LogP) is 6.93. The van der Waals surface area contributed by atoms with Crippen molar-refractivity contribution in [1.82, 2.24) is 10.2 Å². The number of hydrogen-bond acceptors (Lipinski definition) is 4. The maximum Gasteiger partial charge on any atom is 0.264 e. The van der Waals surface area contributed by atoms with Gasteiger partial charge in [-0.1, -0.05) is 116 Å². The number of benzene rings is 4. The molecule has 4 aromatic rings. The Morgan fingerprint density at radius 2 is 1.43 bits per heavy atom. The normalized spacial score (nSPS) is 14.3. The number of anilines is 1. The van der Waals surface area contributed by atoms with Crippen LogP contribution in [0.3, 0.4) is 0 Å². The van der Waals surface area contributed by atoms with Crippen molar-refractivity contribution in [1.29, 1.82) is 0 Å². The third-order valence-electron chi connectivity index (χ3n) is 8.56. The van der Waals surface area contributed by atoms with Gasteiger partial charge >= 0.3 is 0 Å². The maximum absolute atomic E-state index is 14.7. The molecule has 7 nitrogen and oxygen atoms in total. The Balaban J connectivity index is 1.57. The van der Waals surface area contributed by atoms with Crippen LogP contribution in [0.15, 0.2) is 114 Å². The van der Waals surface area contributed by atoms with Crippen LogP contribution >= 0.6 is 11.6 Å². The van der Waals surface area contributed by atoms with E-state index in [1.165, 1.54) is 17.0 Å². The summed E-state index contributed by atoms with van der Waals surface area (Å²) >= 11 is 6.56. The van der Waals surface area contributed by atoms with Gasteiger partial charge in [0.05, 0.1) is 15.6 Å². The molecule has 0 saturated heterocycles. The summed E-state index contributed by atoms with van der Waals surface area (Å²) in [6.07, 6.45) is 5.30. The Kier molecular flexibility index (Phi) is 11.1. The van der Waals surface area contributed by atoms with Crippen LogP contribution in [-0.4, -0.2) is 43.8 Å². The summed E-state index contributed by atoms with van der Waals surface area (Å²) < 4.78 is 29.3. The molecule has 5 rings (SSSR count). The van der Waals surface area contributed by atoms with Crippen LogP contribution in [0.25, 0.3) is 0 Å². The number of para-hydroxylation sites is 1. The van der Waals surface area contributed by atoms with Gasteiger partial charge in [0.15, 0.2) is 0 Å². The number of halogens is 1. The van der Waals surface area contributed by atoms with Crippen molar-refractivity contribution in [3.8, 4) is 0 Å². The first-order valence-electron chi connectivity index (χ1n) is 15.7. The SMILES string of the molecule is Cc1ccccc1CN(C(=O)CN(c1ccccc1Cl)S(=O)(=O)c1ccccc1)C(Cc1ccccc1)C(=O)NC1CCCCC1. The van der Waals surface area contributed by atoms with Gasteiger partial charge in [0.2, 0.25) is 11.8 Å². The molecule has 1 unspecified atom stereocenters. The first-order valence-corrected chi connectivity index (χ1v) is 17.6. The van der Waals surface area contributed by atoms with Crippen LogP contribution in [0.2, 0.25) is 5.02 Å². The minimum Gasteiger partial charge on any atom is -0.352 e. The maximum atomic E-state index is 14.7. The molecule has 1 N–H and O–H groups in total. The van der Waals surface area contributed by atoms with Crippen molar-refractivity contribution in [2.75, 3.05) is 10.8 Å². The summed E-state index contributed by atoms with van der Waals surface area (Å²) in [5.74, 6) is -0.754. The standard InChI is InChI=1S/C37H40ClN3O4S/c1-28-15-11-12-18-30(28)26-40(35(25-29-16-5-2-6-17-29)37(43)39-31-19-7-3-8-20-31)36(42)27-41(34-24-14-13-23-33(34)38)46(44,45)32-21-9-4-10-22-32/h2,4-6,9-18,21-24,31,35H,3,7-8,19-20,25-27H2,1H3,(H,39,43). The largest absolute Gasteiger partial charge is 0.352 e. The van der Waals surface area contributed by atoms with E-state index in [1.54, 1.807) is 42.5 Å². The number of hydrogen-bond donors (Lipinski definition) is 1. The van der Waals surface area contributed by atoms with Gasteiger partial charge in [-0.25, -0.2) is 8.42 Å². The summed E-state index contributed by atoms with van der Waals surface area (Å²) in [6.45, 7) is 1.54. The molecule has 0 radical (unpaired) electrons. The Morgan fingerprint density at radius 3 is 2.11 bits per heavy atom. The zero-order valence-corrected chi connectivity index (χ0v) is 27.6. The molecule has 0 spiro atoms. The highest BCUT2D eigenvalue weighted by atomic mass is 35.5.